The maximum absolute atomic E-state index is 13.2. The van der Waals surface area contributed by atoms with Crippen molar-refractivity contribution in [3.8, 4) is 0 Å². The van der Waals surface area contributed by atoms with Gasteiger partial charge >= 0.3 is 0 Å². The largest absolute Gasteiger partial charge is 0.354 e. The summed E-state index contributed by atoms with van der Waals surface area (Å²) in [6, 6.07) is 12.6. The van der Waals surface area contributed by atoms with Crippen LogP contribution in [0.4, 0.5) is 0 Å². The van der Waals surface area contributed by atoms with E-state index in [1.54, 1.807) is 36.4 Å². The average molecular weight is 457 g/mol. The van der Waals surface area contributed by atoms with Gasteiger partial charge in [0.1, 0.15) is 22.0 Å². The molecular formula is C22H24N4O3S2. The predicted octanol–water partition coefficient (Wildman–Crippen LogP) is 3.72. The molecular weight excluding hydrogens is 432 g/mol. The molecule has 1 aromatic heterocycles. The van der Waals surface area contributed by atoms with Gasteiger partial charge in [-0.05, 0) is 49.8 Å². The van der Waals surface area contributed by atoms with Crippen LogP contribution in [0.15, 0.2) is 65.1 Å². The van der Waals surface area contributed by atoms with Crippen LogP contribution in [-0.4, -0.2) is 29.6 Å². The van der Waals surface area contributed by atoms with Crippen LogP contribution < -0.4 is 10.0 Å². The van der Waals surface area contributed by atoms with Crippen LogP contribution in [0.2, 0.25) is 0 Å². The van der Waals surface area contributed by atoms with Crippen LogP contribution in [0.25, 0.3) is 11.0 Å². The van der Waals surface area contributed by atoms with Crippen LogP contribution in [0.3, 0.4) is 0 Å². The van der Waals surface area contributed by atoms with Crippen LogP contribution >= 0.6 is 11.7 Å². The summed E-state index contributed by atoms with van der Waals surface area (Å²) in [7, 11) is -4.01. The minimum atomic E-state index is -4.01. The van der Waals surface area contributed by atoms with E-state index < -0.39 is 16.1 Å². The number of sulfonamides is 1. The summed E-state index contributed by atoms with van der Waals surface area (Å²) >= 11 is 0.952. The van der Waals surface area contributed by atoms with Crippen molar-refractivity contribution in [1.29, 1.82) is 0 Å². The standard InChI is InChI=1S/C22H24N4O3S2/c27-22(23-15-14-16-8-3-1-4-9-16)20(17-10-5-2-6-11-17)26-31(28,29)19-13-7-12-18-21(19)25-30-24-18/h2,5-8,10-13,20,26H,1,3-4,9,14-15H2,(H,23,27)/t20-/m1/s1. The lowest BCUT2D eigenvalue weighted by atomic mass is 9.97. The number of hydrogen-bond donors (Lipinski definition) is 2. The van der Waals surface area contributed by atoms with Gasteiger partial charge in [0, 0.05) is 6.54 Å². The second-order valence-corrected chi connectivity index (χ2v) is 9.71. The zero-order valence-electron chi connectivity index (χ0n) is 17.0. The molecule has 0 fully saturated rings. The van der Waals surface area contributed by atoms with E-state index in [2.05, 4.69) is 24.9 Å². The first-order chi connectivity index (χ1) is 15.0. The molecule has 162 valence electrons. The van der Waals surface area contributed by atoms with Gasteiger partial charge in [0.05, 0.1) is 11.7 Å². The van der Waals surface area contributed by atoms with Crippen molar-refractivity contribution < 1.29 is 13.2 Å². The molecule has 2 aromatic carbocycles. The molecule has 1 heterocycles. The summed E-state index contributed by atoms with van der Waals surface area (Å²) < 4.78 is 37.2. The van der Waals surface area contributed by atoms with Gasteiger partial charge < -0.3 is 5.32 Å². The quantitative estimate of drug-likeness (QED) is 0.503. The van der Waals surface area contributed by atoms with E-state index in [1.807, 2.05) is 6.07 Å². The maximum Gasteiger partial charge on any atom is 0.243 e. The van der Waals surface area contributed by atoms with Crippen molar-refractivity contribution in [2.75, 3.05) is 6.54 Å². The van der Waals surface area contributed by atoms with Gasteiger partial charge in [0.15, 0.2) is 0 Å². The minimum Gasteiger partial charge on any atom is -0.354 e. The molecule has 1 aliphatic carbocycles. The monoisotopic (exact) mass is 456 g/mol. The number of rotatable bonds is 8. The highest BCUT2D eigenvalue weighted by Gasteiger charge is 2.29. The Morgan fingerprint density at radius 2 is 1.90 bits per heavy atom. The molecule has 4 rings (SSSR count). The highest BCUT2D eigenvalue weighted by molar-refractivity contribution is 7.89. The Labute approximate surface area is 186 Å². The number of benzene rings is 2. The SMILES string of the molecule is O=C(NCCC1=CCCCC1)[C@H](NS(=O)(=O)c1cccc2nsnc12)c1ccccc1. The third kappa shape index (κ3) is 5.17. The molecule has 1 amide bonds. The summed E-state index contributed by atoms with van der Waals surface area (Å²) in [5.74, 6) is -0.380. The van der Waals surface area contributed by atoms with E-state index in [0.29, 0.717) is 23.1 Å². The lowest BCUT2D eigenvalue weighted by Crippen LogP contribution is -2.40. The van der Waals surface area contributed by atoms with Gasteiger partial charge in [-0.3, -0.25) is 4.79 Å². The van der Waals surface area contributed by atoms with E-state index in [1.165, 1.54) is 24.5 Å². The first-order valence-electron chi connectivity index (χ1n) is 10.3. The number of fused-ring (bicyclic) bond motifs is 1. The Kier molecular flexibility index (Phi) is 6.74. The van der Waals surface area contributed by atoms with Gasteiger partial charge in [0.25, 0.3) is 0 Å². The summed E-state index contributed by atoms with van der Waals surface area (Å²) in [6.07, 6.45) is 7.58. The van der Waals surface area contributed by atoms with E-state index in [4.69, 9.17) is 0 Å². The predicted molar refractivity (Wildman–Crippen MR) is 121 cm³/mol. The number of hydrogen-bond acceptors (Lipinski definition) is 6. The molecule has 0 unspecified atom stereocenters. The first-order valence-corrected chi connectivity index (χ1v) is 12.5. The van der Waals surface area contributed by atoms with Crippen molar-refractivity contribution in [2.45, 2.75) is 43.0 Å². The number of nitrogens with one attached hydrogen (secondary N) is 2. The van der Waals surface area contributed by atoms with Crippen molar-refractivity contribution in [3.63, 3.8) is 0 Å². The number of amides is 1. The average Bonchev–Trinajstić information content (AvgIpc) is 3.27. The van der Waals surface area contributed by atoms with E-state index >= 15 is 0 Å². The van der Waals surface area contributed by atoms with Crippen LogP contribution in [0, 0.1) is 0 Å². The first kappa shape index (κ1) is 21.6. The molecule has 1 aliphatic rings. The van der Waals surface area contributed by atoms with Gasteiger partial charge in [-0.25, -0.2) is 8.42 Å². The number of nitrogens with zero attached hydrogens (tertiary/aromatic N) is 2. The van der Waals surface area contributed by atoms with Gasteiger partial charge in [0.2, 0.25) is 15.9 Å². The fourth-order valence-corrected chi connectivity index (χ4v) is 5.67. The topological polar surface area (TPSA) is 101 Å². The number of carbonyl (C=O) groups excluding carboxylic acids is 1. The summed E-state index contributed by atoms with van der Waals surface area (Å²) in [6.45, 7) is 0.474. The lowest BCUT2D eigenvalue weighted by molar-refractivity contribution is -0.122. The fourth-order valence-electron chi connectivity index (χ4n) is 3.72. The molecule has 0 radical (unpaired) electrons. The fraction of sp³-hybridized carbons (Fsp3) is 0.318. The molecule has 2 N–H and O–H groups in total. The molecule has 0 spiro atoms. The molecule has 1 atom stereocenters. The number of aromatic nitrogens is 2. The third-order valence-electron chi connectivity index (χ3n) is 5.34. The molecule has 31 heavy (non-hydrogen) atoms. The van der Waals surface area contributed by atoms with E-state index in [-0.39, 0.29) is 10.8 Å². The molecule has 3 aromatic rings. The molecule has 0 bridgehead atoms. The van der Waals surface area contributed by atoms with Gasteiger partial charge in [-0.1, -0.05) is 48.0 Å². The van der Waals surface area contributed by atoms with Crippen molar-refractivity contribution >= 4 is 38.7 Å². The Balaban J connectivity index is 1.54. The zero-order valence-corrected chi connectivity index (χ0v) is 18.6. The zero-order chi connectivity index (χ0) is 21.7. The van der Waals surface area contributed by atoms with Crippen LogP contribution in [-0.2, 0) is 14.8 Å². The molecule has 0 saturated heterocycles. The third-order valence-corrected chi connectivity index (χ3v) is 7.33. The second-order valence-electron chi connectivity index (χ2n) is 7.50. The van der Waals surface area contributed by atoms with Crippen LogP contribution in [0.1, 0.15) is 43.7 Å². The van der Waals surface area contributed by atoms with Crippen molar-refractivity contribution in [1.82, 2.24) is 18.8 Å². The minimum absolute atomic E-state index is 0.0137. The van der Waals surface area contributed by atoms with Gasteiger partial charge in [-0.2, -0.15) is 13.5 Å². The maximum atomic E-state index is 13.2. The highest BCUT2D eigenvalue weighted by atomic mass is 32.2. The Morgan fingerprint density at radius 1 is 1.06 bits per heavy atom. The smallest absolute Gasteiger partial charge is 0.243 e. The van der Waals surface area contributed by atoms with Crippen molar-refractivity contribution in [2.24, 2.45) is 0 Å². The summed E-state index contributed by atoms with van der Waals surface area (Å²) in [5, 5.41) is 2.90. The Morgan fingerprint density at radius 3 is 2.68 bits per heavy atom. The molecule has 0 aliphatic heterocycles. The number of carbonyl (C=O) groups is 1. The summed E-state index contributed by atoms with van der Waals surface area (Å²) in [4.78, 5) is 13.0. The molecule has 9 heteroatoms. The molecule has 0 saturated carbocycles. The van der Waals surface area contributed by atoms with E-state index in [0.717, 1.165) is 31.0 Å². The summed E-state index contributed by atoms with van der Waals surface area (Å²) in [5.41, 5.74) is 2.74. The van der Waals surface area contributed by atoms with E-state index in [9.17, 15) is 13.2 Å². The Hall–Kier alpha value is -2.62. The van der Waals surface area contributed by atoms with Crippen molar-refractivity contribution in [3.05, 3.63) is 65.7 Å². The normalized spacial score (nSPS) is 15.4. The van der Waals surface area contributed by atoms with Crippen LogP contribution in [0.5, 0.6) is 0 Å². The lowest BCUT2D eigenvalue weighted by Gasteiger charge is -2.20. The highest BCUT2D eigenvalue weighted by Crippen LogP contribution is 2.24. The second kappa shape index (κ2) is 9.67. The number of allylic oxidation sites excluding steroid dienone is 1. The van der Waals surface area contributed by atoms with Gasteiger partial charge in [-0.15, -0.1) is 0 Å². The molecule has 7 nitrogen and oxygen atoms in total. The Bertz CT molecular complexity index is 1190.